The van der Waals surface area contributed by atoms with Crippen molar-refractivity contribution in [3.8, 4) is 11.4 Å². The van der Waals surface area contributed by atoms with Crippen molar-refractivity contribution in [3.63, 3.8) is 0 Å². The lowest BCUT2D eigenvalue weighted by Crippen LogP contribution is -2.18. The minimum atomic E-state index is -0.191. The van der Waals surface area contributed by atoms with E-state index in [1.54, 1.807) is 31.4 Å². The second-order valence-corrected chi connectivity index (χ2v) is 3.63. The topological polar surface area (TPSA) is 44.1 Å². The molecule has 1 aromatic carbocycles. The van der Waals surface area contributed by atoms with E-state index < -0.39 is 0 Å². The van der Waals surface area contributed by atoms with Gasteiger partial charge in [0, 0.05) is 6.20 Å². The second-order valence-electron chi connectivity index (χ2n) is 3.15. The zero-order chi connectivity index (χ0) is 11.5. The monoisotopic (exact) mass is 234 g/mol. The van der Waals surface area contributed by atoms with Gasteiger partial charge in [0.15, 0.2) is 0 Å². The highest BCUT2D eigenvalue weighted by molar-refractivity contribution is 7.80. The van der Waals surface area contributed by atoms with Gasteiger partial charge < -0.3 is 4.74 Å². The Balaban J connectivity index is 2.51. The predicted molar refractivity (Wildman–Crippen MR) is 63.6 cm³/mol. The van der Waals surface area contributed by atoms with Gasteiger partial charge in [0.1, 0.15) is 12.1 Å². The molecule has 5 heteroatoms. The number of hydrogen-bond donors (Lipinski definition) is 1. The van der Waals surface area contributed by atoms with Crippen molar-refractivity contribution < 1.29 is 4.74 Å². The molecule has 0 aliphatic heterocycles. The van der Waals surface area contributed by atoms with Crippen LogP contribution in [0.1, 0.15) is 0 Å². The Morgan fingerprint density at radius 2 is 2.00 bits per heavy atom. The first-order valence-electron chi connectivity index (χ1n) is 4.62. The van der Waals surface area contributed by atoms with E-state index in [0.717, 1.165) is 11.4 Å². The van der Waals surface area contributed by atoms with Crippen LogP contribution in [0.3, 0.4) is 0 Å². The Morgan fingerprint density at radius 3 is 2.62 bits per heavy atom. The Morgan fingerprint density at radius 1 is 1.31 bits per heavy atom. The number of nitrogens with zero attached hydrogens (tertiary/aromatic N) is 2. The predicted octanol–water partition coefficient (Wildman–Crippen LogP) is 1.53. The minimum Gasteiger partial charge on any atom is -0.497 e. The summed E-state index contributed by atoms with van der Waals surface area (Å²) in [5.74, 6) is 0.742. The smallest absolute Gasteiger partial charge is 0.271 e. The molecular formula is C11H10N2O2S. The maximum absolute atomic E-state index is 11.7. The van der Waals surface area contributed by atoms with Crippen LogP contribution in [0, 0.1) is 0 Å². The summed E-state index contributed by atoms with van der Waals surface area (Å²) in [5.41, 5.74) is 0.540. The van der Waals surface area contributed by atoms with Crippen LogP contribution < -0.4 is 10.3 Å². The van der Waals surface area contributed by atoms with Gasteiger partial charge in [0.25, 0.3) is 5.56 Å². The number of benzene rings is 1. The van der Waals surface area contributed by atoms with Crippen molar-refractivity contribution in [3.05, 3.63) is 47.1 Å². The Labute approximate surface area is 97.9 Å². The average Bonchev–Trinajstić information content (AvgIpc) is 2.33. The van der Waals surface area contributed by atoms with Crippen molar-refractivity contribution >= 4 is 12.6 Å². The van der Waals surface area contributed by atoms with E-state index in [1.807, 2.05) is 0 Å². The fourth-order valence-electron chi connectivity index (χ4n) is 1.33. The maximum atomic E-state index is 11.7. The summed E-state index contributed by atoms with van der Waals surface area (Å²) in [6, 6.07) is 7.14. The summed E-state index contributed by atoms with van der Waals surface area (Å²) in [6.07, 6.45) is 2.88. The lowest BCUT2D eigenvalue weighted by atomic mass is 10.3. The fraction of sp³-hybridized carbons (Fsp3) is 0.0909. The standard InChI is InChI=1S/C11H10N2O2S/c1-15-9-4-2-8(3-5-9)13-7-12-6-10(16)11(13)14/h2-7,16H,1H3. The van der Waals surface area contributed by atoms with Crippen LogP contribution in [0.4, 0.5) is 0 Å². The molecule has 2 aromatic rings. The van der Waals surface area contributed by atoms with Gasteiger partial charge in [0.2, 0.25) is 0 Å². The van der Waals surface area contributed by atoms with Crippen LogP contribution in [0.25, 0.3) is 5.69 Å². The largest absolute Gasteiger partial charge is 0.497 e. The number of rotatable bonds is 2. The lowest BCUT2D eigenvalue weighted by Gasteiger charge is -2.06. The van der Waals surface area contributed by atoms with Gasteiger partial charge in [-0.1, -0.05) is 0 Å². The SMILES string of the molecule is COc1ccc(-n2cncc(S)c2=O)cc1. The van der Waals surface area contributed by atoms with Crippen LogP contribution in [-0.2, 0) is 0 Å². The van der Waals surface area contributed by atoms with E-state index in [9.17, 15) is 4.79 Å². The van der Waals surface area contributed by atoms with Gasteiger partial charge >= 0.3 is 0 Å². The minimum absolute atomic E-state index is 0.191. The van der Waals surface area contributed by atoms with Crippen molar-refractivity contribution in [1.82, 2.24) is 9.55 Å². The molecule has 0 aliphatic rings. The Kier molecular flexibility index (Phi) is 2.96. The first-order chi connectivity index (χ1) is 7.72. The van der Waals surface area contributed by atoms with Gasteiger partial charge in [-0.2, -0.15) is 0 Å². The molecule has 16 heavy (non-hydrogen) atoms. The van der Waals surface area contributed by atoms with Crippen LogP contribution in [0.2, 0.25) is 0 Å². The summed E-state index contributed by atoms with van der Waals surface area (Å²) < 4.78 is 6.47. The molecule has 1 aromatic heterocycles. The van der Waals surface area contributed by atoms with Gasteiger partial charge in [-0.3, -0.25) is 9.36 Å². The third-order valence-corrected chi connectivity index (χ3v) is 2.47. The van der Waals surface area contributed by atoms with Crippen molar-refractivity contribution in [1.29, 1.82) is 0 Å². The summed E-state index contributed by atoms with van der Waals surface area (Å²) in [5, 5.41) is 0. The molecule has 1 heterocycles. The molecule has 0 fully saturated rings. The van der Waals surface area contributed by atoms with Crippen LogP contribution in [0.15, 0.2) is 46.5 Å². The first kappa shape index (κ1) is 10.8. The quantitative estimate of drug-likeness (QED) is 0.801. The van der Waals surface area contributed by atoms with Gasteiger partial charge in [0.05, 0.1) is 17.7 Å². The zero-order valence-electron chi connectivity index (χ0n) is 8.62. The molecule has 0 aliphatic carbocycles. The van der Waals surface area contributed by atoms with Crippen molar-refractivity contribution in [2.75, 3.05) is 7.11 Å². The summed E-state index contributed by atoms with van der Waals surface area (Å²) in [7, 11) is 1.59. The third kappa shape index (κ3) is 1.94. The molecule has 0 saturated heterocycles. The normalized spacial score (nSPS) is 10.1. The zero-order valence-corrected chi connectivity index (χ0v) is 9.52. The number of ether oxygens (including phenoxy) is 1. The molecule has 82 valence electrons. The van der Waals surface area contributed by atoms with E-state index in [1.165, 1.54) is 17.1 Å². The molecule has 0 radical (unpaired) electrons. The molecule has 0 spiro atoms. The third-order valence-electron chi connectivity index (χ3n) is 2.17. The highest BCUT2D eigenvalue weighted by Gasteiger charge is 2.02. The number of hydrogen-bond acceptors (Lipinski definition) is 4. The highest BCUT2D eigenvalue weighted by Crippen LogP contribution is 2.13. The number of aromatic nitrogens is 2. The van der Waals surface area contributed by atoms with Gasteiger partial charge in [-0.05, 0) is 24.3 Å². The van der Waals surface area contributed by atoms with Crippen LogP contribution >= 0.6 is 12.6 Å². The molecular weight excluding hydrogens is 224 g/mol. The first-order valence-corrected chi connectivity index (χ1v) is 5.07. The van der Waals surface area contributed by atoms with E-state index in [0.29, 0.717) is 4.90 Å². The van der Waals surface area contributed by atoms with Crippen molar-refractivity contribution in [2.24, 2.45) is 0 Å². The number of methoxy groups -OCH3 is 1. The summed E-state index contributed by atoms with van der Waals surface area (Å²) in [4.78, 5) is 16.0. The van der Waals surface area contributed by atoms with Gasteiger partial charge in [-0.25, -0.2) is 4.98 Å². The fourth-order valence-corrected chi connectivity index (χ4v) is 1.50. The second kappa shape index (κ2) is 4.40. The summed E-state index contributed by atoms with van der Waals surface area (Å²) in [6.45, 7) is 0. The molecule has 0 atom stereocenters. The van der Waals surface area contributed by atoms with Crippen LogP contribution in [0.5, 0.6) is 5.75 Å². The molecule has 2 rings (SSSR count). The molecule has 0 saturated carbocycles. The molecule has 0 unspecified atom stereocenters. The Bertz CT molecular complexity index is 549. The maximum Gasteiger partial charge on any atom is 0.271 e. The van der Waals surface area contributed by atoms with E-state index in [2.05, 4.69) is 17.6 Å². The molecule has 0 bridgehead atoms. The van der Waals surface area contributed by atoms with E-state index in [4.69, 9.17) is 4.74 Å². The summed E-state index contributed by atoms with van der Waals surface area (Å²) >= 11 is 4.04. The Hall–Kier alpha value is -1.75. The van der Waals surface area contributed by atoms with E-state index in [-0.39, 0.29) is 5.56 Å². The molecule has 0 amide bonds. The average molecular weight is 234 g/mol. The van der Waals surface area contributed by atoms with Gasteiger partial charge in [-0.15, -0.1) is 12.6 Å². The van der Waals surface area contributed by atoms with Crippen LogP contribution in [-0.4, -0.2) is 16.7 Å². The molecule has 4 nitrogen and oxygen atoms in total. The molecule has 0 N–H and O–H groups in total. The highest BCUT2D eigenvalue weighted by atomic mass is 32.1. The van der Waals surface area contributed by atoms with Crippen molar-refractivity contribution in [2.45, 2.75) is 4.90 Å². The lowest BCUT2D eigenvalue weighted by molar-refractivity contribution is 0.414. The van der Waals surface area contributed by atoms with E-state index >= 15 is 0 Å². The number of thiol groups is 1.